The SMILES string of the molecule is CC(NC(=O)c1cccc(C(=O)O)n1)C(=O)NC1CC1. The van der Waals surface area contributed by atoms with Crippen molar-refractivity contribution in [2.75, 3.05) is 0 Å². The van der Waals surface area contributed by atoms with Crippen molar-refractivity contribution in [2.24, 2.45) is 0 Å². The van der Waals surface area contributed by atoms with Crippen LogP contribution in [-0.4, -0.2) is 40.0 Å². The fourth-order valence-corrected chi connectivity index (χ4v) is 1.57. The zero-order chi connectivity index (χ0) is 14.7. The van der Waals surface area contributed by atoms with Gasteiger partial charge in [-0.3, -0.25) is 9.59 Å². The Bertz CT molecular complexity index is 554. The lowest BCUT2D eigenvalue weighted by molar-refractivity contribution is -0.122. The van der Waals surface area contributed by atoms with E-state index in [4.69, 9.17) is 5.11 Å². The fraction of sp³-hybridized carbons (Fsp3) is 0.385. The molecule has 3 N–H and O–H groups in total. The zero-order valence-corrected chi connectivity index (χ0v) is 10.9. The van der Waals surface area contributed by atoms with Gasteiger partial charge in [0.2, 0.25) is 5.91 Å². The van der Waals surface area contributed by atoms with E-state index in [0.717, 1.165) is 12.8 Å². The first-order valence-electron chi connectivity index (χ1n) is 6.29. The van der Waals surface area contributed by atoms with Crippen LogP contribution in [0.5, 0.6) is 0 Å². The number of carboxylic acid groups (broad SMARTS) is 1. The van der Waals surface area contributed by atoms with Crippen LogP contribution >= 0.6 is 0 Å². The summed E-state index contributed by atoms with van der Waals surface area (Å²) in [5.74, 6) is -2.04. The molecule has 20 heavy (non-hydrogen) atoms. The molecule has 1 aromatic rings. The summed E-state index contributed by atoms with van der Waals surface area (Å²) in [6.07, 6.45) is 1.93. The van der Waals surface area contributed by atoms with E-state index in [0.29, 0.717) is 0 Å². The first-order valence-corrected chi connectivity index (χ1v) is 6.29. The number of hydrogen-bond acceptors (Lipinski definition) is 4. The lowest BCUT2D eigenvalue weighted by Crippen LogP contribution is -2.45. The average molecular weight is 277 g/mol. The topological polar surface area (TPSA) is 108 Å². The number of carboxylic acids is 1. The van der Waals surface area contributed by atoms with Crippen LogP contribution in [0, 0.1) is 0 Å². The molecule has 1 unspecified atom stereocenters. The van der Waals surface area contributed by atoms with Gasteiger partial charge in [0.25, 0.3) is 5.91 Å². The zero-order valence-electron chi connectivity index (χ0n) is 10.9. The maximum absolute atomic E-state index is 11.9. The van der Waals surface area contributed by atoms with E-state index in [2.05, 4.69) is 15.6 Å². The van der Waals surface area contributed by atoms with E-state index >= 15 is 0 Å². The molecule has 2 amide bonds. The second-order valence-electron chi connectivity index (χ2n) is 4.69. The molecule has 1 aliphatic carbocycles. The molecule has 1 aromatic heterocycles. The molecule has 0 bridgehead atoms. The van der Waals surface area contributed by atoms with Gasteiger partial charge in [0, 0.05) is 6.04 Å². The molecule has 0 radical (unpaired) electrons. The molecule has 2 rings (SSSR count). The highest BCUT2D eigenvalue weighted by atomic mass is 16.4. The second kappa shape index (κ2) is 5.68. The van der Waals surface area contributed by atoms with Crippen LogP contribution in [0.25, 0.3) is 0 Å². The first-order chi connectivity index (χ1) is 9.47. The number of rotatable bonds is 5. The average Bonchev–Trinajstić information content (AvgIpc) is 3.22. The van der Waals surface area contributed by atoms with E-state index in [9.17, 15) is 14.4 Å². The molecule has 0 aliphatic heterocycles. The van der Waals surface area contributed by atoms with Crippen molar-refractivity contribution in [3.63, 3.8) is 0 Å². The number of aromatic nitrogens is 1. The largest absolute Gasteiger partial charge is 0.477 e. The molecule has 7 heteroatoms. The van der Waals surface area contributed by atoms with Gasteiger partial charge in [0.1, 0.15) is 17.4 Å². The van der Waals surface area contributed by atoms with Crippen molar-refractivity contribution < 1.29 is 19.5 Å². The smallest absolute Gasteiger partial charge is 0.354 e. The van der Waals surface area contributed by atoms with E-state index in [1.165, 1.54) is 18.2 Å². The van der Waals surface area contributed by atoms with Gasteiger partial charge in [-0.05, 0) is 31.9 Å². The van der Waals surface area contributed by atoms with Crippen molar-refractivity contribution in [1.29, 1.82) is 0 Å². The quantitative estimate of drug-likeness (QED) is 0.711. The van der Waals surface area contributed by atoms with E-state index in [1.807, 2.05) is 0 Å². The monoisotopic (exact) mass is 277 g/mol. The van der Waals surface area contributed by atoms with Crippen LogP contribution in [0.15, 0.2) is 18.2 Å². The Morgan fingerprint density at radius 1 is 1.30 bits per heavy atom. The van der Waals surface area contributed by atoms with Crippen LogP contribution in [0.3, 0.4) is 0 Å². The van der Waals surface area contributed by atoms with Gasteiger partial charge in [-0.15, -0.1) is 0 Å². The summed E-state index contributed by atoms with van der Waals surface area (Å²) in [5, 5.41) is 14.1. The Balaban J connectivity index is 1.98. The van der Waals surface area contributed by atoms with Crippen molar-refractivity contribution >= 4 is 17.8 Å². The van der Waals surface area contributed by atoms with Crippen LogP contribution < -0.4 is 10.6 Å². The van der Waals surface area contributed by atoms with Crippen LogP contribution in [0.2, 0.25) is 0 Å². The number of hydrogen-bond donors (Lipinski definition) is 3. The minimum atomic E-state index is -1.21. The number of carbonyl (C=O) groups is 3. The van der Waals surface area contributed by atoms with Gasteiger partial charge < -0.3 is 15.7 Å². The Hall–Kier alpha value is -2.44. The van der Waals surface area contributed by atoms with Crippen molar-refractivity contribution in [3.8, 4) is 0 Å². The van der Waals surface area contributed by atoms with Crippen molar-refractivity contribution in [1.82, 2.24) is 15.6 Å². The highest BCUT2D eigenvalue weighted by molar-refractivity contribution is 5.97. The summed E-state index contributed by atoms with van der Waals surface area (Å²) >= 11 is 0. The normalized spacial score (nSPS) is 15.2. The van der Waals surface area contributed by atoms with Gasteiger partial charge in [0.05, 0.1) is 0 Å². The third-order valence-corrected chi connectivity index (χ3v) is 2.87. The summed E-state index contributed by atoms with van der Waals surface area (Å²) < 4.78 is 0. The highest BCUT2D eigenvalue weighted by Gasteiger charge is 2.26. The van der Waals surface area contributed by atoms with Crippen LogP contribution in [0.4, 0.5) is 0 Å². The maximum atomic E-state index is 11.9. The van der Waals surface area contributed by atoms with Gasteiger partial charge >= 0.3 is 5.97 Å². The number of aromatic carboxylic acids is 1. The van der Waals surface area contributed by atoms with Gasteiger partial charge in [0.15, 0.2) is 0 Å². The van der Waals surface area contributed by atoms with Crippen molar-refractivity contribution in [2.45, 2.75) is 31.8 Å². The fourth-order valence-electron chi connectivity index (χ4n) is 1.57. The lowest BCUT2D eigenvalue weighted by Gasteiger charge is -2.13. The molecule has 1 fully saturated rings. The standard InChI is InChI=1S/C13H15N3O4/c1-7(11(17)15-8-5-6-8)14-12(18)9-3-2-4-10(16-9)13(19)20/h2-4,7-8H,5-6H2,1H3,(H,14,18)(H,15,17)(H,19,20). The third kappa shape index (κ3) is 3.53. The summed E-state index contributed by atoms with van der Waals surface area (Å²) in [6.45, 7) is 1.57. The number of pyridine rings is 1. The van der Waals surface area contributed by atoms with E-state index in [1.54, 1.807) is 6.92 Å². The Labute approximate surface area is 115 Å². The molecular formula is C13H15N3O4. The molecular weight excluding hydrogens is 262 g/mol. The summed E-state index contributed by atoms with van der Waals surface area (Å²) in [5.41, 5.74) is -0.247. The summed E-state index contributed by atoms with van der Waals surface area (Å²) in [6, 6.07) is 3.64. The molecule has 0 spiro atoms. The minimum absolute atomic E-state index is 0.0315. The second-order valence-corrected chi connectivity index (χ2v) is 4.69. The highest BCUT2D eigenvalue weighted by Crippen LogP contribution is 2.18. The number of nitrogens with zero attached hydrogens (tertiary/aromatic N) is 1. The van der Waals surface area contributed by atoms with Gasteiger partial charge in [-0.2, -0.15) is 0 Å². The molecule has 106 valence electrons. The Morgan fingerprint density at radius 3 is 2.55 bits per heavy atom. The molecule has 1 saturated carbocycles. The summed E-state index contributed by atoms with van der Waals surface area (Å²) in [7, 11) is 0. The first kappa shape index (κ1) is 14.0. The number of amides is 2. The van der Waals surface area contributed by atoms with E-state index in [-0.39, 0.29) is 23.3 Å². The van der Waals surface area contributed by atoms with Crippen LogP contribution in [0.1, 0.15) is 40.7 Å². The molecule has 1 heterocycles. The minimum Gasteiger partial charge on any atom is -0.477 e. The predicted octanol–water partition coefficient (Wildman–Crippen LogP) is 0.177. The molecule has 1 aliphatic rings. The molecule has 7 nitrogen and oxygen atoms in total. The van der Waals surface area contributed by atoms with E-state index < -0.39 is 17.9 Å². The number of nitrogens with one attached hydrogen (secondary N) is 2. The van der Waals surface area contributed by atoms with Gasteiger partial charge in [-0.25, -0.2) is 9.78 Å². The number of carbonyl (C=O) groups excluding carboxylic acids is 2. The Kier molecular flexibility index (Phi) is 3.97. The maximum Gasteiger partial charge on any atom is 0.354 e. The van der Waals surface area contributed by atoms with Crippen LogP contribution in [-0.2, 0) is 4.79 Å². The Morgan fingerprint density at radius 2 is 1.95 bits per heavy atom. The molecule has 1 atom stereocenters. The summed E-state index contributed by atoms with van der Waals surface area (Å²) in [4.78, 5) is 38.1. The lowest BCUT2D eigenvalue weighted by atomic mass is 10.2. The molecule has 0 saturated heterocycles. The van der Waals surface area contributed by atoms with Crippen molar-refractivity contribution in [3.05, 3.63) is 29.6 Å². The predicted molar refractivity (Wildman–Crippen MR) is 69.3 cm³/mol. The third-order valence-electron chi connectivity index (χ3n) is 2.87. The molecule has 0 aromatic carbocycles. The van der Waals surface area contributed by atoms with Gasteiger partial charge in [-0.1, -0.05) is 6.07 Å².